The van der Waals surface area contributed by atoms with Crippen LogP contribution in [0.25, 0.3) is 0 Å². The summed E-state index contributed by atoms with van der Waals surface area (Å²) in [4.78, 5) is 7.44. The van der Waals surface area contributed by atoms with Gasteiger partial charge in [0.25, 0.3) is 10.0 Å². The number of pyridine rings is 2. The first-order valence-electron chi connectivity index (χ1n) is 5.16. The second-order valence-corrected chi connectivity index (χ2v) is 6.06. The summed E-state index contributed by atoms with van der Waals surface area (Å²) >= 11 is 11.7. The average molecular weight is 318 g/mol. The van der Waals surface area contributed by atoms with E-state index in [0.29, 0.717) is 5.56 Å². The molecule has 0 saturated carbocycles. The van der Waals surface area contributed by atoms with Crippen molar-refractivity contribution in [2.24, 2.45) is 0 Å². The van der Waals surface area contributed by atoms with Gasteiger partial charge in [-0.2, -0.15) is 0 Å². The van der Waals surface area contributed by atoms with Gasteiger partial charge in [0.2, 0.25) is 0 Å². The van der Waals surface area contributed by atoms with Crippen LogP contribution in [0.1, 0.15) is 5.56 Å². The molecule has 8 heteroatoms. The van der Waals surface area contributed by atoms with Crippen LogP contribution in [-0.4, -0.2) is 18.4 Å². The normalized spacial score (nSPS) is 11.3. The van der Waals surface area contributed by atoms with Crippen LogP contribution in [0.5, 0.6) is 0 Å². The standard InChI is InChI=1S/C11H9Cl2N3O2S/c1-7-4-6-15-11(13)9(7)16-19(17,18)8-3-2-5-14-10(8)12/h2-6,16H,1H3. The first-order valence-corrected chi connectivity index (χ1v) is 7.40. The molecule has 0 bridgehead atoms. The summed E-state index contributed by atoms with van der Waals surface area (Å²) in [5.74, 6) is 0. The highest BCUT2D eigenvalue weighted by Crippen LogP contribution is 2.27. The minimum Gasteiger partial charge on any atom is -0.276 e. The van der Waals surface area contributed by atoms with E-state index in [1.54, 1.807) is 13.0 Å². The number of nitrogens with one attached hydrogen (secondary N) is 1. The largest absolute Gasteiger partial charge is 0.276 e. The van der Waals surface area contributed by atoms with Gasteiger partial charge >= 0.3 is 0 Å². The van der Waals surface area contributed by atoms with E-state index in [-0.39, 0.29) is 20.9 Å². The molecule has 2 aromatic rings. The number of hydrogen-bond acceptors (Lipinski definition) is 4. The van der Waals surface area contributed by atoms with Crippen LogP contribution in [0.2, 0.25) is 10.3 Å². The highest BCUT2D eigenvalue weighted by molar-refractivity contribution is 7.92. The third-order valence-corrected chi connectivity index (χ3v) is 4.44. The Morgan fingerprint density at radius 1 is 1.11 bits per heavy atom. The van der Waals surface area contributed by atoms with Crippen molar-refractivity contribution in [2.75, 3.05) is 4.72 Å². The quantitative estimate of drug-likeness (QED) is 0.883. The van der Waals surface area contributed by atoms with E-state index in [9.17, 15) is 8.42 Å². The van der Waals surface area contributed by atoms with Gasteiger partial charge in [0.05, 0.1) is 5.69 Å². The Bertz CT molecular complexity index is 699. The summed E-state index contributed by atoms with van der Waals surface area (Å²) in [6.45, 7) is 1.72. The Labute approximate surface area is 120 Å². The monoisotopic (exact) mass is 317 g/mol. The summed E-state index contributed by atoms with van der Waals surface area (Å²) in [7, 11) is -3.86. The van der Waals surface area contributed by atoms with Gasteiger partial charge in [0.15, 0.2) is 5.15 Å². The van der Waals surface area contributed by atoms with Gasteiger partial charge in [-0.15, -0.1) is 0 Å². The molecule has 0 aliphatic rings. The van der Waals surface area contributed by atoms with Crippen molar-refractivity contribution in [3.63, 3.8) is 0 Å². The molecule has 0 radical (unpaired) electrons. The van der Waals surface area contributed by atoms with Crippen molar-refractivity contribution in [3.05, 3.63) is 46.5 Å². The van der Waals surface area contributed by atoms with Crippen LogP contribution in [0, 0.1) is 6.92 Å². The van der Waals surface area contributed by atoms with Crippen LogP contribution >= 0.6 is 23.2 Å². The van der Waals surface area contributed by atoms with Gasteiger partial charge in [0.1, 0.15) is 10.0 Å². The number of nitrogens with zero attached hydrogens (tertiary/aromatic N) is 2. The molecule has 0 spiro atoms. The average Bonchev–Trinajstić information content (AvgIpc) is 2.34. The molecule has 0 amide bonds. The molecule has 0 unspecified atom stereocenters. The van der Waals surface area contributed by atoms with Crippen LogP contribution in [0.3, 0.4) is 0 Å². The molecule has 1 N–H and O–H groups in total. The summed E-state index contributed by atoms with van der Waals surface area (Å²) in [6, 6.07) is 4.49. The molecule has 5 nitrogen and oxygen atoms in total. The molecule has 0 fully saturated rings. The number of halogens is 2. The number of aryl methyl sites for hydroxylation is 1. The SMILES string of the molecule is Cc1ccnc(Cl)c1NS(=O)(=O)c1cccnc1Cl. The Hall–Kier alpha value is -1.37. The zero-order valence-electron chi connectivity index (χ0n) is 9.76. The Kier molecular flexibility index (Phi) is 3.93. The van der Waals surface area contributed by atoms with Crippen molar-refractivity contribution in [1.82, 2.24) is 9.97 Å². The molecule has 0 aliphatic heterocycles. The van der Waals surface area contributed by atoms with Gasteiger partial charge in [-0.05, 0) is 30.7 Å². The zero-order valence-corrected chi connectivity index (χ0v) is 12.1. The van der Waals surface area contributed by atoms with Gasteiger partial charge in [-0.25, -0.2) is 18.4 Å². The maximum atomic E-state index is 12.2. The number of hydrogen-bond donors (Lipinski definition) is 1. The maximum absolute atomic E-state index is 12.2. The number of sulfonamides is 1. The highest BCUT2D eigenvalue weighted by atomic mass is 35.5. The lowest BCUT2D eigenvalue weighted by Crippen LogP contribution is -2.15. The lowest BCUT2D eigenvalue weighted by atomic mass is 10.3. The van der Waals surface area contributed by atoms with Crippen molar-refractivity contribution >= 4 is 38.9 Å². The molecular weight excluding hydrogens is 309 g/mol. The topological polar surface area (TPSA) is 72.0 Å². The van der Waals surface area contributed by atoms with Crippen molar-refractivity contribution in [2.45, 2.75) is 11.8 Å². The third kappa shape index (κ3) is 2.97. The summed E-state index contributed by atoms with van der Waals surface area (Å²) < 4.78 is 26.8. The molecule has 0 saturated heterocycles. The van der Waals surface area contributed by atoms with E-state index in [2.05, 4.69) is 14.7 Å². The molecule has 0 aromatic carbocycles. The van der Waals surface area contributed by atoms with E-state index < -0.39 is 10.0 Å². The fraction of sp³-hybridized carbons (Fsp3) is 0.0909. The predicted octanol–water partition coefficient (Wildman–Crippen LogP) is 2.89. The van der Waals surface area contributed by atoms with Gasteiger partial charge in [-0.1, -0.05) is 23.2 Å². The molecule has 0 aliphatic carbocycles. The molecule has 0 atom stereocenters. The highest BCUT2D eigenvalue weighted by Gasteiger charge is 2.20. The molecule has 2 rings (SSSR count). The molecule has 2 aromatic heterocycles. The molecule has 2 heterocycles. The molecule has 100 valence electrons. The fourth-order valence-corrected chi connectivity index (χ4v) is 3.31. The molecule has 19 heavy (non-hydrogen) atoms. The lowest BCUT2D eigenvalue weighted by molar-refractivity contribution is 0.601. The Morgan fingerprint density at radius 3 is 2.42 bits per heavy atom. The third-order valence-electron chi connectivity index (χ3n) is 2.36. The fourth-order valence-electron chi connectivity index (χ4n) is 1.41. The summed E-state index contributed by atoms with van der Waals surface area (Å²) in [5, 5.41) is -0.0312. The predicted molar refractivity (Wildman–Crippen MR) is 74.0 cm³/mol. The van der Waals surface area contributed by atoms with Crippen molar-refractivity contribution < 1.29 is 8.42 Å². The minimum atomic E-state index is -3.86. The number of aromatic nitrogens is 2. The second-order valence-electron chi connectivity index (χ2n) is 3.69. The number of rotatable bonds is 3. The van der Waals surface area contributed by atoms with Gasteiger partial charge < -0.3 is 0 Å². The maximum Gasteiger partial charge on any atom is 0.265 e. The van der Waals surface area contributed by atoms with Crippen molar-refractivity contribution in [1.29, 1.82) is 0 Å². The first-order chi connectivity index (χ1) is 8.92. The van der Waals surface area contributed by atoms with E-state index in [4.69, 9.17) is 23.2 Å². The second kappa shape index (κ2) is 5.32. The van der Waals surface area contributed by atoms with E-state index in [1.165, 1.54) is 24.5 Å². The summed E-state index contributed by atoms with van der Waals surface area (Å²) in [5.41, 5.74) is 0.882. The van der Waals surface area contributed by atoms with Crippen LogP contribution in [-0.2, 0) is 10.0 Å². The number of anilines is 1. The lowest BCUT2D eigenvalue weighted by Gasteiger charge is -2.11. The van der Waals surface area contributed by atoms with E-state index >= 15 is 0 Å². The zero-order chi connectivity index (χ0) is 14.0. The van der Waals surface area contributed by atoms with Crippen LogP contribution < -0.4 is 4.72 Å². The van der Waals surface area contributed by atoms with E-state index in [0.717, 1.165) is 0 Å². The Morgan fingerprint density at radius 2 is 1.79 bits per heavy atom. The van der Waals surface area contributed by atoms with E-state index in [1.807, 2.05) is 0 Å². The van der Waals surface area contributed by atoms with Crippen LogP contribution in [0.4, 0.5) is 5.69 Å². The smallest absolute Gasteiger partial charge is 0.265 e. The van der Waals surface area contributed by atoms with Gasteiger partial charge in [0, 0.05) is 12.4 Å². The summed E-state index contributed by atoms with van der Waals surface area (Å²) in [6.07, 6.45) is 2.90. The minimum absolute atomic E-state index is 0.0728. The first kappa shape index (κ1) is 14.0. The van der Waals surface area contributed by atoms with Crippen molar-refractivity contribution in [3.8, 4) is 0 Å². The van der Waals surface area contributed by atoms with Crippen LogP contribution in [0.15, 0.2) is 35.5 Å². The molecular formula is C11H9Cl2N3O2S. The Balaban J connectivity index is 2.46. The van der Waals surface area contributed by atoms with Gasteiger partial charge in [-0.3, -0.25) is 4.72 Å².